The van der Waals surface area contributed by atoms with Crippen molar-refractivity contribution in [3.8, 4) is 0 Å². The van der Waals surface area contributed by atoms with Gasteiger partial charge in [-0.3, -0.25) is 10.1 Å². The van der Waals surface area contributed by atoms with Gasteiger partial charge in [0.1, 0.15) is 0 Å². The van der Waals surface area contributed by atoms with E-state index in [1.165, 1.54) is 4.90 Å². The molecule has 0 atom stereocenters. The Morgan fingerprint density at radius 3 is 2.10 bits per heavy atom. The number of amides is 1. The maximum atomic E-state index is 13.1. The second-order valence-electron chi connectivity index (χ2n) is 6.16. The van der Waals surface area contributed by atoms with Crippen LogP contribution in [-0.4, -0.2) is 49.5 Å². The van der Waals surface area contributed by atoms with Crippen LogP contribution in [0.5, 0.6) is 0 Å². The number of thioether (sulfide) groups is 2. The van der Waals surface area contributed by atoms with E-state index in [2.05, 4.69) is 4.98 Å². The van der Waals surface area contributed by atoms with E-state index in [1.807, 2.05) is 0 Å². The Hall–Kier alpha value is -2.16. The Balaban J connectivity index is 2.82. The van der Waals surface area contributed by atoms with Crippen LogP contribution >= 0.6 is 23.5 Å². The zero-order chi connectivity index (χ0) is 23.6. The van der Waals surface area contributed by atoms with E-state index < -0.39 is 72.3 Å². The van der Waals surface area contributed by atoms with Crippen molar-refractivity contribution >= 4 is 46.3 Å². The first kappa shape index (κ1) is 25.1. The van der Waals surface area contributed by atoms with Crippen LogP contribution in [0.1, 0.15) is 26.7 Å². The number of fused-ring (bicyclic) bond motifs is 1. The molecule has 0 saturated carbocycles. The first-order chi connectivity index (χ1) is 14.3. The molecule has 0 spiro atoms. The molecule has 0 aliphatic heterocycles. The molecule has 0 unspecified atom stereocenters. The van der Waals surface area contributed by atoms with Gasteiger partial charge in [-0.2, -0.15) is 26.3 Å². The topological polar surface area (TPSA) is 81.3 Å². The summed E-state index contributed by atoms with van der Waals surface area (Å²) in [5.74, 6) is 0. The summed E-state index contributed by atoms with van der Waals surface area (Å²) < 4.78 is 78.2. The van der Waals surface area contributed by atoms with Gasteiger partial charge in [0.05, 0.1) is 10.4 Å². The summed E-state index contributed by atoms with van der Waals surface area (Å²) in [6, 6.07) is 0.392. The summed E-state index contributed by atoms with van der Waals surface area (Å²) in [6.45, 7) is 3.80. The summed E-state index contributed by atoms with van der Waals surface area (Å²) >= 11 is -1.45. The van der Waals surface area contributed by atoms with E-state index in [-0.39, 0.29) is 13.1 Å². The summed E-state index contributed by atoms with van der Waals surface area (Å²) in [6.07, 6.45) is 0.935. The number of alkyl halides is 6. The van der Waals surface area contributed by atoms with Crippen molar-refractivity contribution in [2.45, 2.75) is 47.8 Å². The van der Waals surface area contributed by atoms with Crippen LogP contribution < -0.4 is 0 Å². The molecule has 0 bridgehead atoms. The Labute approximate surface area is 180 Å². The van der Waals surface area contributed by atoms with Gasteiger partial charge in [-0.1, -0.05) is 13.8 Å². The highest BCUT2D eigenvalue weighted by Crippen LogP contribution is 2.43. The zero-order valence-corrected chi connectivity index (χ0v) is 17.7. The second kappa shape index (κ2) is 9.54. The number of hydrogen-bond acceptors (Lipinski definition) is 6. The van der Waals surface area contributed by atoms with E-state index in [9.17, 15) is 41.3 Å². The van der Waals surface area contributed by atoms with Crippen LogP contribution in [0.2, 0.25) is 0 Å². The third kappa shape index (κ3) is 6.41. The van der Waals surface area contributed by atoms with Crippen LogP contribution in [0.25, 0.3) is 11.0 Å². The molecule has 15 heteroatoms. The van der Waals surface area contributed by atoms with Crippen LogP contribution in [-0.2, 0) is 0 Å². The van der Waals surface area contributed by atoms with Gasteiger partial charge in [0, 0.05) is 35.8 Å². The number of hydrogen-bond donors (Lipinski definition) is 0. The number of carbonyl (C=O) groups is 1. The maximum absolute atomic E-state index is 13.1. The molecule has 1 amide bonds. The lowest BCUT2D eigenvalue weighted by atomic mass is 10.2. The second-order valence-corrected chi connectivity index (χ2v) is 8.33. The van der Waals surface area contributed by atoms with Gasteiger partial charge in [-0.25, -0.2) is 14.3 Å². The van der Waals surface area contributed by atoms with Crippen molar-refractivity contribution in [3.05, 3.63) is 22.2 Å². The number of aromatic nitrogens is 2. The fraction of sp³-hybridized carbons (Fsp3) is 0.500. The molecule has 2 rings (SSSR count). The molecule has 0 fully saturated rings. The minimum Gasteiger partial charge on any atom is -0.324 e. The standard InChI is InChI=1S/C16H16F6N4O3S2/c1-3-5-24(6-4-2)14(27)25-10-7-9(30-15(17,18)19)8-11(26(28)29)12(10)23-13(25)31-16(20,21)22/h7-8H,3-6H2,1-2H3. The average molecular weight is 490 g/mol. The smallest absolute Gasteiger partial charge is 0.324 e. The Bertz CT molecular complexity index is 971. The van der Waals surface area contributed by atoms with Gasteiger partial charge >= 0.3 is 17.0 Å². The zero-order valence-electron chi connectivity index (χ0n) is 16.1. The third-order valence-electron chi connectivity index (χ3n) is 3.77. The molecule has 0 N–H and O–H groups in total. The van der Waals surface area contributed by atoms with Crippen molar-refractivity contribution in [2.24, 2.45) is 0 Å². The van der Waals surface area contributed by atoms with Crippen LogP contribution in [0.3, 0.4) is 0 Å². The number of halogens is 6. The van der Waals surface area contributed by atoms with Crippen LogP contribution in [0, 0.1) is 10.1 Å². The number of rotatable bonds is 7. The number of nitrogens with zero attached hydrogens (tertiary/aromatic N) is 4. The highest BCUT2D eigenvalue weighted by Gasteiger charge is 2.37. The van der Waals surface area contributed by atoms with Gasteiger partial charge in [-0.05, 0) is 30.7 Å². The predicted octanol–water partition coefficient (Wildman–Crippen LogP) is 6.26. The molecule has 1 heterocycles. The molecule has 7 nitrogen and oxygen atoms in total. The molecule has 1 aromatic heterocycles. The number of imidazole rings is 1. The summed E-state index contributed by atoms with van der Waals surface area (Å²) in [5.41, 5.74) is -11.7. The highest BCUT2D eigenvalue weighted by molar-refractivity contribution is 8.00. The lowest BCUT2D eigenvalue weighted by molar-refractivity contribution is -0.383. The summed E-state index contributed by atoms with van der Waals surface area (Å²) in [4.78, 5) is 27.6. The lowest BCUT2D eigenvalue weighted by Crippen LogP contribution is -2.36. The normalized spacial score (nSPS) is 12.4. The predicted molar refractivity (Wildman–Crippen MR) is 103 cm³/mol. The fourth-order valence-corrected chi connectivity index (χ4v) is 4.01. The average Bonchev–Trinajstić information content (AvgIpc) is 2.94. The summed E-state index contributed by atoms with van der Waals surface area (Å²) in [5, 5.41) is 10.5. The van der Waals surface area contributed by atoms with Gasteiger partial charge in [0.15, 0.2) is 10.7 Å². The van der Waals surface area contributed by atoms with Gasteiger partial charge in [0.25, 0.3) is 5.69 Å². The molecule has 0 saturated heterocycles. The molecule has 31 heavy (non-hydrogen) atoms. The van der Waals surface area contributed by atoms with Gasteiger partial charge in [0.2, 0.25) is 0 Å². The molecule has 1 aromatic carbocycles. The number of benzene rings is 1. The third-order valence-corrected chi connectivity index (χ3v) is 5.16. The molecular formula is C16H16F6N4O3S2. The largest absolute Gasteiger partial charge is 0.449 e. The fourth-order valence-electron chi connectivity index (χ4n) is 2.79. The lowest BCUT2D eigenvalue weighted by Gasteiger charge is -2.23. The van der Waals surface area contributed by atoms with Crippen molar-refractivity contribution in [1.82, 2.24) is 14.5 Å². The minimum absolute atomic E-state index is 0.168. The van der Waals surface area contributed by atoms with Crippen molar-refractivity contribution in [2.75, 3.05) is 13.1 Å². The van der Waals surface area contributed by atoms with E-state index in [1.54, 1.807) is 13.8 Å². The quantitative estimate of drug-likeness (QED) is 0.197. The first-order valence-electron chi connectivity index (χ1n) is 8.79. The highest BCUT2D eigenvalue weighted by atomic mass is 32.2. The van der Waals surface area contributed by atoms with Crippen molar-refractivity contribution in [3.63, 3.8) is 0 Å². The van der Waals surface area contributed by atoms with E-state index in [0.29, 0.717) is 23.5 Å². The van der Waals surface area contributed by atoms with Crippen molar-refractivity contribution < 1.29 is 36.1 Å². The molecule has 2 aromatic rings. The summed E-state index contributed by atoms with van der Waals surface area (Å²) in [7, 11) is 0. The monoisotopic (exact) mass is 490 g/mol. The molecule has 0 aliphatic rings. The Morgan fingerprint density at radius 2 is 1.65 bits per heavy atom. The minimum atomic E-state index is -4.89. The number of nitro benzene ring substituents is 1. The van der Waals surface area contributed by atoms with Gasteiger partial charge in [-0.15, -0.1) is 0 Å². The van der Waals surface area contributed by atoms with Crippen LogP contribution in [0.4, 0.5) is 36.8 Å². The Morgan fingerprint density at radius 1 is 1.10 bits per heavy atom. The Kier molecular flexibility index (Phi) is 7.73. The van der Waals surface area contributed by atoms with E-state index >= 15 is 0 Å². The first-order valence-corrected chi connectivity index (χ1v) is 10.4. The maximum Gasteiger partial charge on any atom is 0.449 e. The molecule has 0 radical (unpaired) electrons. The van der Waals surface area contributed by atoms with Crippen molar-refractivity contribution in [1.29, 1.82) is 0 Å². The van der Waals surface area contributed by atoms with E-state index in [4.69, 9.17) is 0 Å². The van der Waals surface area contributed by atoms with Crippen LogP contribution in [0.15, 0.2) is 22.2 Å². The number of carbonyl (C=O) groups excluding carboxylic acids is 1. The number of nitro groups is 1. The van der Waals surface area contributed by atoms with Gasteiger partial charge < -0.3 is 4.90 Å². The molecule has 0 aliphatic carbocycles. The van der Waals surface area contributed by atoms with E-state index in [0.717, 1.165) is 6.07 Å². The molecule has 172 valence electrons. The SMILES string of the molecule is CCCN(CCC)C(=O)n1c(SC(F)(F)F)nc2c([N+](=O)[O-])cc(SC(F)(F)F)cc21. The number of non-ortho nitro benzene ring substituents is 1. The molecular weight excluding hydrogens is 474 g/mol.